The zero-order valence-corrected chi connectivity index (χ0v) is 14.2. The highest BCUT2D eigenvalue weighted by molar-refractivity contribution is 5.66. The van der Waals surface area contributed by atoms with Gasteiger partial charge in [0.15, 0.2) is 0 Å². The number of allylic oxidation sites excluding steroid dienone is 12. The summed E-state index contributed by atoms with van der Waals surface area (Å²) in [6.45, 7) is 2.04. The van der Waals surface area contributed by atoms with Crippen LogP contribution in [0.15, 0.2) is 72.9 Å². The van der Waals surface area contributed by atoms with Gasteiger partial charge in [0, 0.05) is 6.42 Å². The van der Waals surface area contributed by atoms with E-state index in [-0.39, 0.29) is 6.42 Å². The second kappa shape index (κ2) is 18.0. The Bertz CT molecular complexity index is 448. The monoisotopic (exact) mass is 314 g/mol. The Morgan fingerprint density at radius 3 is 1.35 bits per heavy atom. The first-order valence-corrected chi connectivity index (χ1v) is 8.35. The van der Waals surface area contributed by atoms with Gasteiger partial charge in [0.2, 0.25) is 0 Å². The largest absolute Gasteiger partial charge is 0.481 e. The van der Waals surface area contributed by atoms with E-state index in [2.05, 4.69) is 60.8 Å². The van der Waals surface area contributed by atoms with Crippen molar-refractivity contribution in [2.45, 2.75) is 51.9 Å². The van der Waals surface area contributed by atoms with Gasteiger partial charge in [0.25, 0.3) is 0 Å². The van der Waals surface area contributed by atoms with Crippen LogP contribution < -0.4 is 0 Å². The van der Waals surface area contributed by atoms with Crippen LogP contribution >= 0.6 is 0 Å². The van der Waals surface area contributed by atoms with E-state index in [9.17, 15) is 4.79 Å². The van der Waals surface area contributed by atoms with E-state index >= 15 is 0 Å². The van der Waals surface area contributed by atoms with Crippen LogP contribution in [0.4, 0.5) is 0 Å². The molecule has 0 fully saturated rings. The SMILES string of the molecule is C/C=C/C/C=C/C/C=C/C/C=C/C/C=C/C/C=C/CCC(=O)O. The summed E-state index contributed by atoms with van der Waals surface area (Å²) in [4.78, 5) is 10.3. The molecule has 2 nitrogen and oxygen atoms in total. The average Bonchev–Trinajstić information content (AvgIpc) is 2.53. The van der Waals surface area contributed by atoms with Crippen molar-refractivity contribution in [2.24, 2.45) is 0 Å². The lowest BCUT2D eigenvalue weighted by atomic mass is 10.2. The van der Waals surface area contributed by atoms with Crippen molar-refractivity contribution in [3.05, 3.63) is 72.9 Å². The highest BCUT2D eigenvalue weighted by Gasteiger charge is 1.90. The van der Waals surface area contributed by atoms with Crippen LogP contribution in [-0.4, -0.2) is 11.1 Å². The van der Waals surface area contributed by atoms with Crippen molar-refractivity contribution >= 4 is 5.97 Å². The molecule has 0 saturated heterocycles. The normalized spacial score (nSPS) is 13.1. The van der Waals surface area contributed by atoms with Crippen LogP contribution in [0, 0.1) is 0 Å². The third-order valence-electron chi connectivity index (χ3n) is 2.95. The standard InChI is InChI=1S/C21H30O2/c1-2-3-4-5-6-7-8-9-10-11-12-13-14-15-16-17-18-19-20-21(22)23/h2-3,5-6,8-9,11-12,14-15,17-18H,4,7,10,13,16,19-20H2,1H3,(H,22,23)/b3-2+,6-5+,9-8+,12-11+,15-14+,18-17+. The number of aliphatic carboxylic acids is 1. The number of rotatable bonds is 13. The maximum absolute atomic E-state index is 10.3. The first kappa shape index (κ1) is 20.9. The molecule has 0 aliphatic carbocycles. The van der Waals surface area contributed by atoms with Gasteiger partial charge in [0.05, 0.1) is 0 Å². The molecule has 0 radical (unpaired) electrons. The number of hydrogen-bond acceptors (Lipinski definition) is 1. The Balaban J connectivity index is 3.51. The maximum Gasteiger partial charge on any atom is 0.303 e. The highest BCUT2D eigenvalue weighted by atomic mass is 16.4. The fraction of sp³-hybridized carbons (Fsp3) is 0.381. The molecule has 0 rings (SSSR count). The Hall–Kier alpha value is -2.09. The Labute approximate surface area is 141 Å². The Kier molecular flexibility index (Phi) is 16.3. The summed E-state index contributed by atoms with van der Waals surface area (Å²) >= 11 is 0. The van der Waals surface area contributed by atoms with Gasteiger partial charge in [0.1, 0.15) is 0 Å². The Morgan fingerprint density at radius 1 is 0.652 bits per heavy atom. The molecule has 0 saturated carbocycles. The van der Waals surface area contributed by atoms with E-state index in [1.807, 2.05) is 19.1 Å². The summed E-state index contributed by atoms with van der Waals surface area (Å²) < 4.78 is 0. The van der Waals surface area contributed by atoms with Gasteiger partial charge in [-0.15, -0.1) is 0 Å². The molecule has 0 bridgehead atoms. The number of hydrogen-bond donors (Lipinski definition) is 1. The fourth-order valence-electron chi connectivity index (χ4n) is 1.72. The molecular formula is C21H30O2. The summed E-state index contributed by atoms with van der Waals surface area (Å²) in [5, 5.41) is 8.48. The van der Waals surface area contributed by atoms with Crippen LogP contribution in [0.5, 0.6) is 0 Å². The predicted molar refractivity (Wildman–Crippen MR) is 100 cm³/mol. The summed E-state index contributed by atoms with van der Waals surface area (Å²) in [5.74, 6) is -0.742. The zero-order valence-electron chi connectivity index (χ0n) is 14.2. The van der Waals surface area contributed by atoms with E-state index in [1.54, 1.807) is 0 Å². The van der Waals surface area contributed by atoms with Crippen LogP contribution in [0.3, 0.4) is 0 Å². The molecule has 126 valence electrons. The van der Waals surface area contributed by atoms with E-state index in [0.717, 1.165) is 32.1 Å². The van der Waals surface area contributed by atoms with Crippen LogP contribution in [0.25, 0.3) is 0 Å². The molecule has 0 atom stereocenters. The molecular weight excluding hydrogens is 284 g/mol. The minimum absolute atomic E-state index is 0.210. The molecule has 0 aromatic carbocycles. The molecule has 23 heavy (non-hydrogen) atoms. The molecule has 0 unspecified atom stereocenters. The minimum atomic E-state index is -0.742. The fourth-order valence-corrected chi connectivity index (χ4v) is 1.72. The smallest absolute Gasteiger partial charge is 0.303 e. The molecule has 0 aromatic heterocycles. The topological polar surface area (TPSA) is 37.3 Å². The molecule has 0 spiro atoms. The first-order chi connectivity index (χ1) is 11.3. The number of carbonyl (C=O) groups is 1. The lowest BCUT2D eigenvalue weighted by molar-refractivity contribution is -0.136. The third-order valence-corrected chi connectivity index (χ3v) is 2.95. The molecule has 0 aromatic rings. The van der Waals surface area contributed by atoms with Gasteiger partial charge in [-0.2, -0.15) is 0 Å². The average molecular weight is 314 g/mol. The van der Waals surface area contributed by atoms with Crippen molar-refractivity contribution in [1.29, 1.82) is 0 Å². The lowest BCUT2D eigenvalue weighted by Gasteiger charge is -1.87. The number of carboxylic acid groups (broad SMARTS) is 1. The summed E-state index contributed by atoms with van der Waals surface area (Å²) in [7, 11) is 0. The van der Waals surface area contributed by atoms with Crippen molar-refractivity contribution in [3.8, 4) is 0 Å². The maximum atomic E-state index is 10.3. The van der Waals surface area contributed by atoms with E-state index in [0.29, 0.717) is 6.42 Å². The van der Waals surface area contributed by atoms with Gasteiger partial charge < -0.3 is 5.11 Å². The van der Waals surface area contributed by atoms with E-state index < -0.39 is 5.97 Å². The van der Waals surface area contributed by atoms with E-state index in [1.165, 1.54) is 0 Å². The Morgan fingerprint density at radius 2 is 1.00 bits per heavy atom. The molecule has 0 aliphatic heterocycles. The second-order valence-electron chi connectivity index (χ2n) is 5.04. The zero-order chi connectivity index (χ0) is 17.0. The van der Waals surface area contributed by atoms with Crippen LogP contribution in [0.2, 0.25) is 0 Å². The minimum Gasteiger partial charge on any atom is -0.481 e. The molecule has 0 aliphatic rings. The van der Waals surface area contributed by atoms with Crippen LogP contribution in [-0.2, 0) is 4.79 Å². The lowest BCUT2D eigenvalue weighted by Crippen LogP contribution is -1.91. The molecule has 0 heterocycles. The summed E-state index contributed by atoms with van der Waals surface area (Å²) in [5.41, 5.74) is 0. The van der Waals surface area contributed by atoms with Crippen molar-refractivity contribution < 1.29 is 9.90 Å². The first-order valence-electron chi connectivity index (χ1n) is 8.35. The van der Waals surface area contributed by atoms with Crippen molar-refractivity contribution in [3.63, 3.8) is 0 Å². The van der Waals surface area contributed by atoms with Crippen molar-refractivity contribution in [2.75, 3.05) is 0 Å². The van der Waals surface area contributed by atoms with Gasteiger partial charge in [-0.05, 0) is 45.4 Å². The van der Waals surface area contributed by atoms with Gasteiger partial charge in [-0.3, -0.25) is 4.79 Å². The molecule has 1 N–H and O–H groups in total. The summed E-state index contributed by atoms with van der Waals surface area (Å²) in [6, 6.07) is 0. The van der Waals surface area contributed by atoms with E-state index in [4.69, 9.17) is 5.11 Å². The third kappa shape index (κ3) is 19.9. The highest BCUT2D eigenvalue weighted by Crippen LogP contribution is 1.97. The van der Waals surface area contributed by atoms with Gasteiger partial charge >= 0.3 is 5.97 Å². The quantitative estimate of drug-likeness (QED) is 0.413. The number of carboxylic acids is 1. The van der Waals surface area contributed by atoms with Crippen LogP contribution in [0.1, 0.15) is 51.9 Å². The molecule has 2 heteroatoms. The van der Waals surface area contributed by atoms with Gasteiger partial charge in [-0.25, -0.2) is 0 Å². The summed E-state index contributed by atoms with van der Waals surface area (Å²) in [6.07, 6.45) is 31.1. The van der Waals surface area contributed by atoms with Gasteiger partial charge in [-0.1, -0.05) is 72.9 Å². The molecule has 0 amide bonds. The second-order valence-corrected chi connectivity index (χ2v) is 5.04. The van der Waals surface area contributed by atoms with Crippen molar-refractivity contribution in [1.82, 2.24) is 0 Å². The predicted octanol–water partition coefficient (Wildman–Crippen LogP) is 6.16.